The van der Waals surface area contributed by atoms with Gasteiger partial charge in [-0.15, -0.1) is 23.4 Å². The topological polar surface area (TPSA) is 223 Å². The molecule has 5 rings (SSSR count). The minimum Gasteiger partial charge on any atom is -0.390 e. The van der Waals surface area contributed by atoms with Gasteiger partial charge in [0, 0.05) is 19.5 Å². The van der Waals surface area contributed by atoms with Gasteiger partial charge in [0.2, 0.25) is 12.2 Å². The van der Waals surface area contributed by atoms with Crippen molar-refractivity contribution < 1.29 is 59.2 Å². The summed E-state index contributed by atoms with van der Waals surface area (Å²) in [4.78, 5) is 30.9. The number of nitrogens with one attached hydrogen (secondary N) is 2. The van der Waals surface area contributed by atoms with Crippen molar-refractivity contribution in [3.63, 3.8) is 0 Å². The fourth-order valence-corrected chi connectivity index (χ4v) is 10.00. The molecule has 0 radical (unpaired) electrons. The molecule has 18 atom stereocenters. The van der Waals surface area contributed by atoms with Gasteiger partial charge in [0.25, 0.3) is 5.79 Å². The number of alkyl halides is 1. The molecule has 318 valence electrons. The molecule has 0 aromatic rings. The Labute approximate surface area is 333 Å². The van der Waals surface area contributed by atoms with E-state index in [1.54, 1.807) is 27.2 Å². The molecular formula is C37H65ClN4O12S. The second-order valence-electron chi connectivity index (χ2n) is 16.3. The number of ketones is 1. The summed E-state index contributed by atoms with van der Waals surface area (Å²) < 4.78 is 23.7. The lowest BCUT2D eigenvalue weighted by Gasteiger charge is -2.56. The summed E-state index contributed by atoms with van der Waals surface area (Å²) in [6.07, 6.45) is -4.28. The van der Waals surface area contributed by atoms with Crippen LogP contribution < -0.4 is 10.6 Å². The van der Waals surface area contributed by atoms with E-state index in [1.165, 1.54) is 11.8 Å². The Morgan fingerprint density at radius 1 is 1.02 bits per heavy atom. The van der Waals surface area contributed by atoms with Crippen molar-refractivity contribution in [2.45, 2.75) is 162 Å². The number of piperidine rings is 1. The van der Waals surface area contributed by atoms with Crippen LogP contribution in [-0.2, 0) is 28.5 Å². The van der Waals surface area contributed by atoms with Gasteiger partial charge in [0.15, 0.2) is 5.78 Å². The molecule has 18 heteroatoms. The van der Waals surface area contributed by atoms with E-state index in [1.807, 2.05) is 11.9 Å². The number of aliphatic hydroxyl groups excluding tert-OH is 5. The summed E-state index contributed by atoms with van der Waals surface area (Å²) in [5.41, 5.74) is -0.774. The molecule has 1 amide bonds. The van der Waals surface area contributed by atoms with Crippen LogP contribution in [0.2, 0.25) is 0 Å². The quantitative estimate of drug-likeness (QED) is 0.0732. The van der Waals surface area contributed by atoms with Crippen LogP contribution in [0.1, 0.15) is 65.7 Å². The number of thioether (sulfide) groups is 1. The highest BCUT2D eigenvalue weighted by molar-refractivity contribution is 7.99. The van der Waals surface area contributed by atoms with Gasteiger partial charge in [-0.05, 0) is 72.5 Å². The molecular weight excluding hydrogens is 760 g/mol. The van der Waals surface area contributed by atoms with Crippen LogP contribution in [-0.4, -0.2) is 195 Å². The van der Waals surface area contributed by atoms with E-state index in [-0.39, 0.29) is 18.2 Å². The number of rotatable bonds is 15. The molecule has 4 aliphatic heterocycles. The van der Waals surface area contributed by atoms with Gasteiger partial charge >= 0.3 is 0 Å². The number of hydrogen-bond donors (Lipinski definition) is 8. The first kappa shape index (κ1) is 45.3. The zero-order valence-corrected chi connectivity index (χ0v) is 34.5. The van der Waals surface area contributed by atoms with E-state index in [4.69, 9.17) is 30.5 Å². The Hall–Kier alpha value is -0.740. The standard InChI is InChI=1S/C37H65ClN4O12S/c1-7-20-15-21(34(49)40-23(19(3)38)31-29(47)28(46)30(48)35(52-31)55-6)17-42(16-20)13-11-9-8-10-12-41(5)25-26(44)24(39-4)27(45)33-32(25)54-37(50)22(43)14-18(2)51-36(37)53-33/h18-21,23-33,35-36,39,44-48,50H,7-17H2,1-6H3,(H,40,49)/t18-,19?,20?,21?,23?,24-,25+,26+,27+,28-,29-,30?,31?,32-,33-,35-,36+,37+/m1/s1. The highest BCUT2D eigenvalue weighted by Gasteiger charge is 2.64. The van der Waals surface area contributed by atoms with Crippen molar-refractivity contribution in [2.24, 2.45) is 11.8 Å². The van der Waals surface area contributed by atoms with Crippen molar-refractivity contribution in [3.05, 3.63) is 0 Å². The highest BCUT2D eigenvalue weighted by Crippen LogP contribution is 2.41. The number of aliphatic hydroxyl groups is 6. The van der Waals surface area contributed by atoms with E-state index in [0.29, 0.717) is 19.0 Å². The number of Topliss-reactive ketones (excluding diaryl/α,β-unsaturated/α-hetero) is 1. The first-order valence-electron chi connectivity index (χ1n) is 19.9. The van der Waals surface area contributed by atoms with Crippen LogP contribution in [0.5, 0.6) is 0 Å². The molecule has 1 aliphatic carbocycles. The number of likely N-dealkylation sites (N-methyl/N-ethyl adjacent to an activating group) is 2. The summed E-state index contributed by atoms with van der Waals surface area (Å²) >= 11 is 7.73. The van der Waals surface area contributed by atoms with Crippen molar-refractivity contribution in [1.82, 2.24) is 20.4 Å². The molecule has 6 unspecified atom stereocenters. The molecule has 8 N–H and O–H groups in total. The van der Waals surface area contributed by atoms with Crippen molar-refractivity contribution in [2.75, 3.05) is 46.5 Å². The molecule has 55 heavy (non-hydrogen) atoms. The van der Waals surface area contributed by atoms with E-state index in [0.717, 1.165) is 51.6 Å². The van der Waals surface area contributed by atoms with Crippen LogP contribution in [0.15, 0.2) is 0 Å². The van der Waals surface area contributed by atoms with Gasteiger partial charge in [-0.3, -0.25) is 14.5 Å². The second kappa shape index (κ2) is 19.5. The number of unbranched alkanes of at least 4 members (excludes halogenated alkanes) is 3. The van der Waals surface area contributed by atoms with Gasteiger partial charge in [-0.1, -0.05) is 26.2 Å². The summed E-state index contributed by atoms with van der Waals surface area (Å²) in [5, 5.41) is 70.7. The number of amides is 1. The monoisotopic (exact) mass is 824 g/mol. The summed E-state index contributed by atoms with van der Waals surface area (Å²) in [5.74, 6) is -3.02. The molecule has 4 heterocycles. The maximum Gasteiger partial charge on any atom is 0.280 e. The Bertz CT molecular complexity index is 1280. The second-order valence-corrected chi connectivity index (χ2v) is 17.9. The average molecular weight is 825 g/mol. The van der Waals surface area contributed by atoms with Crippen LogP contribution in [0, 0.1) is 11.8 Å². The number of nitrogens with zero attached hydrogens (tertiary/aromatic N) is 2. The Balaban J connectivity index is 1.11. The van der Waals surface area contributed by atoms with Gasteiger partial charge in [-0.25, -0.2) is 0 Å². The molecule has 0 aromatic carbocycles. The number of carbonyl (C=O) groups excluding carboxylic acids is 2. The Kier molecular flexibility index (Phi) is 16.1. The third-order valence-electron chi connectivity index (χ3n) is 12.4. The molecule has 1 saturated carbocycles. The predicted octanol–water partition coefficient (Wildman–Crippen LogP) is -1.02. The van der Waals surface area contributed by atoms with Crippen molar-refractivity contribution in [1.29, 1.82) is 0 Å². The summed E-state index contributed by atoms with van der Waals surface area (Å²) in [7, 11) is 3.49. The summed E-state index contributed by atoms with van der Waals surface area (Å²) in [6, 6.07) is -2.22. The Morgan fingerprint density at radius 2 is 1.73 bits per heavy atom. The fourth-order valence-electron chi connectivity index (χ4n) is 9.11. The van der Waals surface area contributed by atoms with E-state index >= 15 is 0 Å². The maximum atomic E-state index is 13.7. The minimum atomic E-state index is -2.33. The van der Waals surface area contributed by atoms with E-state index in [2.05, 4.69) is 22.5 Å². The minimum absolute atomic E-state index is 0.0471. The number of fused-ring (bicyclic) bond motifs is 2. The zero-order valence-electron chi connectivity index (χ0n) is 32.9. The zero-order chi connectivity index (χ0) is 40.4. The number of ether oxygens (including phenoxy) is 4. The van der Waals surface area contributed by atoms with Gasteiger partial charge < -0.3 is 65.1 Å². The first-order chi connectivity index (χ1) is 26.1. The molecule has 16 nitrogen and oxygen atoms in total. The van der Waals surface area contributed by atoms with Gasteiger partial charge in [0.1, 0.15) is 48.2 Å². The van der Waals surface area contributed by atoms with Crippen LogP contribution >= 0.6 is 23.4 Å². The molecule has 0 spiro atoms. The van der Waals surface area contributed by atoms with Gasteiger partial charge in [-0.2, -0.15) is 0 Å². The smallest absolute Gasteiger partial charge is 0.280 e. The van der Waals surface area contributed by atoms with Crippen LogP contribution in [0.3, 0.4) is 0 Å². The SMILES string of the molecule is CCC1CC(C(=O)NC(C(C)Cl)C2O[C@H](SC)C(O)[C@H](O)[C@H]2O)CN(CCCCCCN(C)[C@H]2[C@@H](O)[C@@H](NC)[C@H](O)[C@H]3O[C@@H]4O[C@H](C)CC(=O)[C@]4(O)O[C@@H]32)C1. The molecule has 0 bridgehead atoms. The third-order valence-corrected chi connectivity index (χ3v) is 13.5. The number of likely N-dealkylation sites (tertiary alicyclic amines) is 1. The lowest BCUT2D eigenvalue weighted by Crippen LogP contribution is -2.78. The predicted molar refractivity (Wildman–Crippen MR) is 204 cm³/mol. The number of halogens is 1. The van der Waals surface area contributed by atoms with E-state index < -0.39 is 102 Å². The van der Waals surface area contributed by atoms with Crippen LogP contribution in [0.25, 0.3) is 0 Å². The molecule has 0 aromatic heterocycles. The van der Waals surface area contributed by atoms with Gasteiger partial charge in [0.05, 0.1) is 41.6 Å². The average Bonchev–Trinajstić information content (AvgIpc) is 3.14. The molecule has 5 aliphatic rings. The van der Waals surface area contributed by atoms with Crippen LogP contribution in [0.4, 0.5) is 0 Å². The number of hydrogen-bond acceptors (Lipinski definition) is 16. The largest absolute Gasteiger partial charge is 0.390 e. The highest BCUT2D eigenvalue weighted by atomic mass is 35.5. The fraction of sp³-hybridized carbons (Fsp3) is 0.946. The maximum absolute atomic E-state index is 13.7. The first-order valence-corrected chi connectivity index (χ1v) is 21.7. The van der Waals surface area contributed by atoms with E-state index in [9.17, 15) is 40.2 Å². The summed E-state index contributed by atoms with van der Waals surface area (Å²) in [6.45, 7) is 8.42. The lowest BCUT2D eigenvalue weighted by molar-refractivity contribution is -0.423. The Morgan fingerprint density at radius 3 is 2.38 bits per heavy atom. The normalized spacial score (nSPS) is 43.7. The molecule has 5 fully saturated rings. The number of carbonyl (C=O) groups is 2. The molecule has 4 saturated heterocycles. The third kappa shape index (κ3) is 9.84. The van der Waals surface area contributed by atoms with Crippen molar-refractivity contribution in [3.8, 4) is 0 Å². The lowest BCUT2D eigenvalue weighted by atomic mass is 9.79. The van der Waals surface area contributed by atoms with Crippen molar-refractivity contribution >= 4 is 35.1 Å².